The third-order valence-corrected chi connectivity index (χ3v) is 6.16. The monoisotopic (exact) mass is 353 g/mol. The number of aromatic nitrogens is 3. The van der Waals surface area contributed by atoms with E-state index in [4.69, 9.17) is 0 Å². The van der Waals surface area contributed by atoms with Crippen molar-refractivity contribution in [3.05, 3.63) is 41.0 Å². The molecule has 1 saturated heterocycles. The minimum Gasteiger partial charge on any atom is -0.354 e. The predicted octanol–water partition coefficient (Wildman–Crippen LogP) is 2.76. The third kappa shape index (κ3) is 2.59. The van der Waals surface area contributed by atoms with Crippen LogP contribution in [0.3, 0.4) is 0 Å². The SMILES string of the molecule is O=C(c1cccs1)N1CCN(c2ncnc3[nH]ccc23)CC2(CC2)C1. The second-order valence-electron chi connectivity index (χ2n) is 7.06. The molecule has 0 aromatic carbocycles. The van der Waals surface area contributed by atoms with E-state index in [-0.39, 0.29) is 11.3 Å². The van der Waals surface area contributed by atoms with Gasteiger partial charge in [0.1, 0.15) is 17.8 Å². The number of rotatable bonds is 2. The van der Waals surface area contributed by atoms with Crippen molar-refractivity contribution in [1.29, 1.82) is 0 Å². The van der Waals surface area contributed by atoms with Gasteiger partial charge in [0.2, 0.25) is 0 Å². The van der Waals surface area contributed by atoms with Gasteiger partial charge in [0.25, 0.3) is 5.91 Å². The molecule has 5 rings (SSSR count). The molecule has 1 spiro atoms. The molecule has 1 amide bonds. The van der Waals surface area contributed by atoms with Gasteiger partial charge >= 0.3 is 0 Å². The number of hydrogen-bond donors (Lipinski definition) is 1. The summed E-state index contributed by atoms with van der Waals surface area (Å²) in [6, 6.07) is 5.89. The van der Waals surface area contributed by atoms with Gasteiger partial charge in [-0.1, -0.05) is 6.07 Å². The quantitative estimate of drug-likeness (QED) is 0.769. The van der Waals surface area contributed by atoms with E-state index in [9.17, 15) is 4.79 Å². The van der Waals surface area contributed by atoms with E-state index in [0.29, 0.717) is 0 Å². The van der Waals surface area contributed by atoms with Crippen LogP contribution in [0.1, 0.15) is 22.5 Å². The molecule has 3 aromatic heterocycles. The van der Waals surface area contributed by atoms with Gasteiger partial charge in [-0.05, 0) is 30.4 Å². The van der Waals surface area contributed by atoms with Crippen LogP contribution in [0.5, 0.6) is 0 Å². The Morgan fingerprint density at radius 1 is 1.20 bits per heavy atom. The topological polar surface area (TPSA) is 65.1 Å². The fraction of sp³-hybridized carbons (Fsp3) is 0.389. The molecule has 0 radical (unpaired) electrons. The maximum atomic E-state index is 12.8. The highest BCUT2D eigenvalue weighted by molar-refractivity contribution is 7.12. The van der Waals surface area contributed by atoms with Crippen LogP contribution in [0.15, 0.2) is 36.1 Å². The van der Waals surface area contributed by atoms with E-state index < -0.39 is 0 Å². The lowest BCUT2D eigenvalue weighted by Gasteiger charge is -2.25. The van der Waals surface area contributed by atoms with Gasteiger partial charge in [-0.3, -0.25) is 4.79 Å². The molecule has 1 aliphatic carbocycles. The van der Waals surface area contributed by atoms with Crippen LogP contribution >= 0.6 is 11.3 Å². The van der Waals surface area contributed by atoms with E-state index >= 15 is 0 Å². The summed E-state index contributed by atoms with van der Waals surface area (Å²) in [4.78, 5) is 30.0. The Labute approximate surface area is 149 Å². The first-order chi connectivity index (χ1) is 12.2. The zero-order chi connectivity index (χ0) is 16.9. The maximum absolute atomic E-state index is 12.8. The van der Waals surface area contributed by atoms with Gasteiger partial charge in [0.15, 0.2) is 0 Å². The number of anilines is 1. The number of H-pyrrole nitrogens is 1. The molecule has 0 unspecified atom stereocenters. The molecule has 0 bridgehead atoms. The van der Waals surface area contributed by atoms with Crippen LogP contribution < -0.4 is 4.90 Å². The zero-order valence-electron chi connectivity index (χ0n) is 13.8. The molecular weight excluding hydrogens is 334 g/mol. The van der Waals surface area contributed by atoms with Crippen LogP contribution in [0.25, 0.3) is 11.0 Å². The summed E-state index contributed by atoms with van der Waals surface area (Å²) in [5.74, 6) is 1.14. The van der Waals surface area contributed by atoms with Crippen molar-refractivity contribution in [2.45, 2.75) is 12.8 Å². The lowest BCUT2D eigenvalue weighted by molar-refractivity contribution is 0.0745. The van der Waals surface area contributed by atoms with Crippen LogP contribution in [0.2, 0.25) is 0 Å². The lowest BCUT2D eigenvalue weighted by atomic mass is 10.1. The summed E-state index contributed by atoms with van der Waals surface area (Å²) in [6.45, 7) is 3.34. The minimum absolute atomic E-state index is 0.164. The van der Waals surface area contributed by atoms with Gasteiger partial charge in [0.05, 0.1) is 10.3 Å². The molecule has 1 saturated carbocycles. The largest absolute Gasteiger partial charge is 0.354 e. The normalized spacial score (nSPS) is 19.4. The Morgan fingerprint density at radius 3 is 2.92 bits per heavy atom. The molecule has 1 aliphatic heterocycles. The predicted molar refractivity (Wildman–Crippen MR) is 98.0 cm³/mol. The second kappa shape index (κ2) is 5.56. The Kier molecular flexibility index (Phi) is 3.31. The van der Waals surface area contributed by atoms with Gasteiger partial charge in [0, 0.05) is 37.8 Å². The standard InChI is InChI=1S/C18H19N5OS/c24-17(14-2-1-9-25-14)23-8-7-22(10-18(11-23)4-5-18)16-13-3-6-19-15(13)20-12-21-16/h1-3,6,9,12H,4-5,7-8,10-11H2,(H,19,20,21). The number of amides is 1. The van der Waals surface area contributed by atoms with Crippen molar-refractivity contribution in [1.82, 2.24) is 19.9 Å². The number of nitrogens with one attached hydrogen (secondary N) is 1. The van der Waals surface area contributed by atoms with Crippen LogP contribution in [0, 0.1) is 5.41 Å². The number of thiophene rings is 1. The van der Waals surface area contributed by atoms with E-state index in [0.717, 1.165) is 47.9 Å². The summed E-state index contributed by atoms with van der Waals surface area (Å²) in [7, 11) is 0. The second-order valence-corrected chi connectivity index (χ2v) is 8.01. The molecule has 3 aromatic rings. The molecule has 0 atom stereocenters. The number of carbonyl (C=O) groups is 1. The number of aromatic amines is 1. The Morgan fingerprint density at radius 2 is 2.12 bits per heavy atom. The van der Waals surface area contributed by atoms with E-state index in [2.05, 4.69) is 19.9 Å². The molecular formula is C18H19N5OS. The van der Waals surface area contributed by atoms with Crippen molar-refractivity contribution in [3.63, 3.8) is 0 Å². The number of carbonyl (C=O) groups excluding carboxylic acids is 1. The molecule has 128 valence electrons. The molecule has 2 aliphatic rings. The van der Waals surface area contributed by atoms with Crippen LogP contribution in [-0.2, 0) is 0 Å². The van der Waals surface area contributed by atoms with Crippen molar-refractivity contribution in [3.8, 4) is 0 Å². The summed E-state index contributed by atoms with van der Waals surface area (Å²) in [5, 5.41) is 3.02. The van der Waals surface area contributed by atoms with Crippen molar-refractivity contribution in [2.75, 3.05) is 31.1 Å². The van der Waals surface area contributed by atoms with E-state index in [1.165, 1.54) is 24.2 Å². The van der Waals surface area contributed by atoms with Crippen molar-refractivity contribution < 1.29 is 4.79 Å². The minimum atomic E-state index is 0.164. The maximum Gasteiger partial charge on any atom is 0.263 e. The highest BCUT2D eigenvalue weighted by Gasteiger charge is 2.48. The van der Waals surface area contributed by atoms with Crippen molar-refractivity contribution >= 4 is 34.1 Å². The fourth-order valence-electron chi connectivity index (χ4n) is 3.77. The van der Waals surface area contributed by atoms with E-state index in [1.54, 1.807) is 6.33 Å². The first-order valence-corrected chi connectivity index (χ1v) is 9.48. The number of hydrogen-bond acceptors (Lipinski definition) is 5. The van der Waals surface area contributed by atoms with Crippen molar-refractivity contribution in [2.24, 2.45) is 5.41 Å². The third-order valence-electron chi connectivity index (χ3n) is 5.30. The summed E-state index contributed by atoms with van der Waals surface area (Å²) < 4.78 is 0. The Balaban J connectivity index is 1.45. The highest BCUT2D eigenvalue weighted by Crippen LogP contribution is 2.48. The summed E-state index contributed by atoms with van der Waals surface area (Å²) in [5.41, 5.74) is 1.09. The lowest BCUT2D eigenvalue weighted by Crippen LogP contribution is -2.36. The molecule has 25 heavy (non-hydrogen) atoms. The molecule has 1 N–H and O–H groups in total. The smallest absolute Gasteiger partial charge is 0.263 e. The number of fused-ring (bicyclic) bond motifs is 1. The molecule has 7 heteroatoms. The van der Waals surface area contributed by atoms with Crippen LogP contribution in [0.4, 0.5) is 5.82 Å². The molecule has 2 fully saturated rings. The average molecular weight is 353 g/mol. The average Bonchev–Trinajstić information content (AvgIpc) is 3.03. The van der Waals surface area contributed by atoms with Gasteiger partial charge in [-0.25, -0.2) is 9.97 Å². The Hall–Kier alpha value is -2.41. The number of nitrogens with zero attached hydrogens (tertiary/aromatic N) is 4. The van der Waals surface area contributed by atoms with Gasteiger partial charge in [-0.15, -0.1) is 11.3 Å². The van der Waals surface area contributed by atoms with Gasteiger partial charge in [-0.2, -0.15) is 0 Å². The first-order valence-electron chi connectivity index (χ1n) is 8.60. The van der Waals surface area contributed by atoms with Crippen LogP contribution in [-0.4, -0.2) is 51.9 Å². The molecule has 6 nitrogen and oxygen atoms in total. The van der Waals surface area contributed by atoms with E-state index in [1.807, 2.05) is 34.7 Å². The Bertz CT molecular complexity index is 915. The molecule has 4 heterocycles. The fourth-order valence-corrected chi connectivity index (χ4v) is 4.46. The summed E-state index contributed by atoms with van der Waals surface area (Å²) in [6.07, 6.45) is 5.88. The zero-order valence-corrected chi connectivity index (χ0v) is 14.6. The summed E-state index contributed by atoms with van der Waals surface area (Å²) >= 11 is 1.52. The first kappa shape index (κ1) is 14.9. The van der Waals surface area contributed by atoms with Gasteiger partial charge < -0.3 is 14.8 Å². The highest BCUT2D eigenvalue weighted by atomic mass is 32.1.